The molecule has 18 heteroatoms. The maximum atomic E-state index is 13.8. The molecule has 0 aliphatic heterocycles. The predicted molar refractivity (Wildman–Crippen MR) is 262 cm³/mol. The first kappa shape index (κ1) is 53.3. The summed E-state index contributed by atoms with van der Waals surface area (Å²) < 4.78 is 11.1. The van der Waals surface area contributed by atoms with Crippen LogP contribution in [0.5, 0.6) is 5.75 Å². The number of hydrazine groups is 1. The van der Waals surface area contributed by atoms with Gasteiger partial charge in [0.2, 0.25) is 23.6 Å². The lowest BCUT2D eigenvalue weighted by molar-refractivity contribution is -0.129. The van der Waals surface area contributed by atoms with E-state index >= 15 is 0 Å². The number of primary amides is 1. The van der Waals surface area contributed by atoms with E-state index in [1.807, 2.05) is 48.5 Å². The highest BCUT2D eigenvalue weighted by Crippen LogP contribution is 2.44. The Bertz CT molecular complexity index is 2430. The van der Waals surface area contributed by atoms with Gasteiger partial charge in [-0.1, -0.05) is 100.0 Å². The van der Waals surface area contributed by atoms with Crippen LogP contribution < -0.4 is 32.4 Å². The van der Waals surface area contributed by atoms with Crippen molar-refractivity contribution < 1.29 is 53.2 Å². The number of phenolic OH excluding ortho intramolecular Hbond substituents is 1. The Morgan fingerprint density at radius 3 is 1.90 bits per heavy atom. The fourth-order valence-electron chi connectivity index (χ4n) is 8.10. The second-order valence-electron chi connectivity index (χ2n) is 18.8. The molecule has 0 saturated carbocycles. The SMILES string of the molecule is CC(CC(Cc1ccc(O)cc1)NC(=O)OC(C)(C)C)C(=O)NN(Cc1ccc(NC(=O)C(CCCCC(N)=O)NC(=O)C(NC(=O)OCC2c3ccccc3-c3ccccc32)C(C)C)cc1)C(=O)O. The summed E-state index contributed by atoms with van der Waals surface area (Å²) >= 11 is 0. The Labute approximate surface area is 408 Å². The Kier molecular flexibility index (Phi) is 18.7. The molecule has 4 unspecified atom stereocenters. The van der Waals surface area contributed by atoms with Crippen LogP contribution in [0.15, 0.2) is 97.1 Å². The second-order valence-corrected chi connectivity index (χ2v) is 18.8. The number of alkyl carbamates (subject to hydrolysis) is 2. The van der Waals surface area contributed by atoms with Gasteiger partial charge in [0.15, 0.2) is 0 Å². The van der Waals surface area contributed by atoms with Gasteiger partial charge in [-0.25, -0.2) is 19.4 Å². The number of ether oxygens (including phenoxy) is 2. The van der Waals surface area contributed by atoms with Gasteiger partial charge in [-0.2, -0.15) is 0 Å². The third-order valence-corrected chi connectivity index (χ3v) is 11.6. The van der Waals surface area contributed by atoms with Crippen molar-refractivity contribution >= 4 is 47.6 Å². The molecular formula is C52H65N7O11. The highest BCUT2D eigenvalue weighted by atomic mass is 16.6. The largest absolute Gasteiger partial charge is 0.508 e. The maximum Gasteiger partial charge on any atom is 0.426 e. The minimum Gasteiger partial charge on any atom is -0.508 e. The molecule has 374 valence electrons. The molecule has 70 heavy (non-hydrogen) atoms. The number of anilines is 1. The molecule has 0 heterocycles. The second kappa shape index (κ2) is 24.6. The molecule has 0 fully saturated rings. The molecule has 0 radical (unpaired) electrons. The van der Waals surface area contributed by atoms with Gasteiger partial charge in [0, 0.05) is 30.0 Å². The summed E-state index contributed by atoms with van der Waals surface area (Å²) in [6.45, 7) is 10.0. The Hall–Kier alpha value is -7.63. The first-order valence-corrected chi connectivity index (χ1v) is 23.4. The number of carbonyl (C=O) groups is 7. The number of carbonyl (C=O) groups excluding carboxylic acids is 6. The smallest absolute Gasteiger partial charge is 0.426 e. The number of aromatic hydroxyl groups is 1. The van der Waals surface area contributed by atoms with Gasteiger partial charge in [0.25, 0.3) is 0 Å². The molecule has 0 saturated heterocycles. The van der Waals surface area contributed by atoms with Crippen LogP contribution in [0.3, 0.4) is 0 Å². The van der Waals surface area contributed by atoms with Gasteiger partial charge >= 0.3 is 18.3 Å². The lowest BCUT2D eigenvalue weighted by Crippen LogP contribution is -2.54. The van der Waals surface area contributed by atoms with Crippen LogP contribution in [0.2, 0.25) is 0 Å². The van der Waals surface area contributed by atoms with Gasteiger partial charge < -0.3 is 46.7 Å². The number of hydrogen-bond donors (Lipinski definition) is 8. The minimum absolute atomic E-state index is 0.0407. The molecule has 9 N–H and O–H groups in total. The lowest BCUT2D eigenvalue weighted by Gasteiger charge is -2.27. The van der Waals surface area contributed by atoms with Crippen LogP contribution in [0.1, 0.15) is 102 Å². The summed E-state index contributed by atoms with van der Waals surface area (Å²) in [5.74, 6) is -3.63. The van der Waals surface area contributed by atoms with Gasteiger partial charge in [-0.3, -0.25) is 24.6 Å². The highest BCUT2D eigenvalue weighted by Gasteiger charge is 2.33. The van der Waals surface area contributed by atoms with Crippen molar-refractivity contribution in [3.05, 3.63) is 119 Å². The normalized spacial score (nSPS) is 13.6. The standard InChI is InChI=1S/C52H65N7O11/c1-31(2)45(57-49(65)69-30-42-40-15-9-7-13-38(40)39-14-8-10-16-41(39)42)48(64)56-43(17-11-12-18-44(53)61)47(63)54-35-23-19-34(20-24-35)29-59(51(67)68)58-46(62)32(3)27-36(55-50(66)70-52(4,5)6)28-33-21-25-37(60)26-22-33/h7-10,13-16,19-26,31-32,36,42-43,45,60H,11-12,17-18,27-30H2,1-6H3,(H2,53,61)(H,54,63)(H,55,66)(H,56,64)(H,57,65)(H,58,62)(H,67,68). The van der Waals surface area contributed by atoms with Crippen LogP contribution in [0.4, 0.5) is 20.1 Å². The van der Waals surface area contributed by atoms with E-state index in [1.54, 1.807) is 65.8 Å². The summed E-state index contributed by atoms with van der Waals surface area (Å²) in [5, 5.41) is 31.5. The number of rotatable bonds is 21. The molecule has 5 rings (SSSR count). The topological polar surface area (TPSA) is 268 Å². The van der Waals surface area contributed by atoms with E-state index in [0.717, 1.165) is 32.8 Å². The monoisotopic (exact) mass is 963 g/mol. The van der Waals surface area contributed by atoms with Gasteiger partial charge in [-0.05, 0) is 110 Å². The lowest BCUT2D eigenvalue weighted by atomic mass is 9.95. The number of phenols is 1. The van der Waals surface area contributed by atoms with E-state index < -0.39 is 77.5 Å². The number of fused-ring (bicyclic) bond motifs is 3. The Morgan fingerprint density at radius 2 is 1.33 bits per heavy atom. The van der Waals surface area contributed by atoms with Crippen LogP contribution in [-0.4, -0.2) is 87.5 Å². The molecule has 1 aliphatic rings. The minimum atomic E-state index is -1.44. The zero-order valence-corrected chi connectivity index (χ0v) is 40.5. The number of nitrogens with one attached hydrogen (secondary N) is 5. The number of hydrogen-bond acceptors (Lipinski definition) is 10. The molecule has 4 atom stereocenters. The average molecular weight is 964 g/mol. The van der Waals surface area contributed by atoms with Crippen molar-refractivity contribution in [3.63, 3.8) is 0 Å². The van der Waals surface area contributed by atoms with E-state index in [9.17, 15) is 43.8 Å². The quantitative estimate of drug-likeness (QED) is 0.0308. The fourth-order valence-corrected chi connectivity index (χ4v) is 8.10. The molecule has 4 aromatic carbocycles. The van der Waals surface area contributed by atoms with Crippen molar-refractivity contribution in [1.82, 2.24) is 26.4 Å². The zero-order chi connectivity index (χ0) is 51.1. The summed E-state index contributed by atoms with van der Waals surface area (Å²) in [7, 11) is 0. The fraction of sp³-hybridized carbons (Fsp3) is 0.404. The number of benzene rings is 4. The Balaban J connectivity index is 1.19. The molecule has 7 amide bonds. The molecule has 4 aromatic rings. The van der Waals surface area contributed by atoms with Crippen molar-refractivity contribution in [2.24, 2.45) is 17.6 Å². The average Bonchev–Trinajstić information content (AvgIpc) is 3.61. The molecular weight excluding hydrogens is 899 g/mol. The van der Waals surface area contributed by atoms with Crippen molar-refractivity contribution in [1.29, 1.82) is 0 Å². The van der Waals surface area contributed by atoms with E-state index in [2.05, 4.69) is 26.7 Å². The number of nitrogens with two attached hydrogens (primary N) is 1. The molecule has 1 aliphatic carbocycles. The summed E-state index contributed by atoms with van der Waals surface area (Å²) in [6.07, 6.45) is -1.55. The molecule has 18 nitrogen and oxygen atoms in total. The number of carboxylic acid groups (broad SMARTS) is 1. The molecule has 0 aromatic heterocycles. The third kappa shape index (κ3) is 16.0. The number of nitrogens with zero attached hydrogens (tertiary/aromatic N) is 1. The zero-order valence-electron chi connectivity index (χ0n) is 40.5. The van der Waals surface area contributed by atoms with E-state index in [0.29, 0.717) is 30.5 Å². The van der Waals surface area contributed by atoms with Crippen molar-refractivity contribution in [2.75, 3.05) is 11.9 Å². The van der Waals surface area contributed by atoms with Gasteiger partial charge in [0.05, 0.1) is 6.54 Å². The maximum absolute atomic E-state index is 13.8. The van der Waals surface area contributed by atoms with E-state index in [1.165, 1.54) is 24.3 Å². The molecule has 0 spiro atoms. The van der Waals surface area contributed by atoms with Gasteiger partial charge in [-0.15, -0.1) is 0 Å². The third-order valence-electron chi connectivity index (χ3n) is 11.6. The van der Waals surface area contributed by atoms with Crippen LogP contribution in [-0.2, 0) is 41.6 Å². The molecule has 0 bridgehead atoms. The summed E-state index contributed by atoms with van der Waals surface area (Å²) in [6, 6.07) is 25.7. The number of amides is 7. The van der Waals surface area contributed by atoms with Crippen LogP contribution in [0.25, 0.3) is 11.1 Å². The van der Waals surface area contributed by atoms with Crippen molar-refractivity contribution in [2.45, 2.75) is 116 Å². The highest BCUT2D eigenvalue weighted by molar-refractivity contribution is 5.98. The number of unbranched alkanes of at least 4 members (excludes halogenated alkanes) is 1. The predicted octanol–water partition coefficient (Wildman–Crippen LogP) is 7.10. The summed E-state index contributed by atoms with van der Waals surface area (Å²) in [5.41, 5.74) is 12.8. The van der Waals surface area contributed by atoms with Crippen LogP contribution >= 0.6 is 0 Å². The first-order chi connectivity index (χ1) is 33.2. The Morgan fingerprint density at radius 1 is 0.729 bits per heavy atom. The van der Waals surface area contributed by atoms with E-state index in [-0.39, 0.29) is 44.1 Å². The first-order valence-electron chi connectivity index (χ1n) is 23.4. The van der Waals surface area contributed by atoms with Crippen LogP contribution in [0, 0.1) is 11.8 Å². The summed E-state index contributed by atoms with van der Waals surface area (Å²) in [4.78, 5) is 90.8. The van der Waals surface area contributed by atoms with E-state index in [4.69, 9.17) is 15.2 Å². The van der Waals surface area contributed by atoms with Gasteiger partial charge in [0.1, 0.15) is 30.0 Å². The van der Waals surface area contributed by atoms with Crippen molar-refractivity contribution in [3.8, 4) is 16.9 Å².